The van der Waals surface area contributed by atoms with E-state index in [-0.39, 0.29) is 17.0 Å². The van der Waals surface area contributed by atoms with E-state index < -0.39 is 31.5 Å². The predicted octanol–water partition coefficient (Wildman–Crippen LogP) is -2.37. The summed E-state index contributed by atoms with van der Waals surface area (Å²) in [6, 6.07) is 0. The van der Waals surface area contributed by atoms with E-state index in [4.69, 9.17) is 25.5 Å². The van der Waals surface area contributed by atoms with Crippen molar-refractivity contribution in [1.29, 1.82) is 0 Å². The molecule has 0 rings (SSSR count). The van der Waals surface area contributed by atoms with E-state index in [1.165, 1.54) is 0 Å². The largest absolute Gasteiger partial charge is 0.394 e. The van der Waals surface area contributed by atoms with Gasteiger partial charge in [-0.15, -0.1) is 17.0 Å². The summed E-state index contributed by atoms with van der Waals surface area (Å²) in [5.74, 6) is 0. The first-order chi connectivity index (χ1) is 4.63. The quantitative estimate of drug-likeness (QED) is 0.373. The molecule has 3 atom stereocenters. The fourth-order valence-corrected chi connectivity index (χ4v) is 0.472. The molecule has 5 nitrogen and oxygen atoms in total. The molecule has 0 fully saturated rings. The van der Waals surface area contributed by atoms with E-state index in [0.717, 1.165) is 0 Å². The Balaban J connectivity index is 0. The molecule has 11 heavy (non-hydrogen) atoms. The minimum atomic E-state index is -1.49. The molecule has 0 spiro atoms. The third-order valence-electron chi connectivity index (χ3n) is 1.16. The van der Waals surface area contributed by atoms with Crippen LogP contribution < -0.4 is 0 Å². The molecule has 0 unspecified atom stereocenters. The maximum Gasteiger partial charge on any atom is 0.110 e. The van der Waals surface area contributed by atoms with Gasteiger partial charge in [0, 0.05) is 0 Å². The molecule has 6 heteroatoms. The Labute approximate surface area is 74.7 Å². The van der Waals surface area contributed by atoms with Gasteiger partial charge < -0.3 is 25.5 Å². The highest BCUT2D eigenvalue weighted by Crippen LogP contribution is 1.97. The molecule has 0 saturated carbocycles. The summed E-state index contributed by atoms with van der Waals surface area (Å²) < 4.78 is 0. The van der Waals surface area contributed by atoms with E-state index in [1.54, 1.807) is 0 Å². The molecule has 0 amide bonds. The SMILES string of the molecule is Br.OC[C@@H](O)[C@H](O)[C@@H](O)CO. The number of halogens is 1. The van der Waals surface area contributed by atoms with Crippen LogP contribution in [0.5, 0.6) is 0 Å². The molecule has 0 aromatic carbocycles. The van der Waals surface area contributed by atoms with Crippen molar-refractivity contribution in [3.8, 4) is 0 Å². The lowest BCUT2D eigenvalue weighted by Gasteiger charge is -2.19. The molecule has 0 heterocycles. The van der Waals surface area contributed by atoms with Crippen LogP contribution in [0.15, 0.2) is 0 Å². The Morgan fingerprint density at radius 1 is 0.818 bits per heavy atom. The Morgan fingerprint density at radius 2 is 1.09 bits per heavy atom. The summed E-state index contributed by atoms with van der Waals surface area (Å²) in [5.41, 5.74) is 0. The minimum Gasteiger partial charge on any atom is -0.394 e. The van der Waals surface area contributed by atoms with Crippen molar-refractivity contribution in [2.75, 3.05) is 13.2 Å². The minimum absolute atomic E-state index is 0. The van der Waals surface area contributed by atoms with Crippen molar-refractivity contribution in [2.45, 2.75) is 18.3 Å². The Hall–Kier alpha value is 0.280. The van der Waals surface area contributed by atoms with Crippen LogP contribution in [0.4, 0.5) is 0 Å². The highest BCUT2D eigenvalue weighted by atomic mass is 79.9. The first-order valence-electron chi connectivity index (χ1n) is 2.89. The highest BCUT2D eigenvalue weighted by Gasteiger charge is 2.22. The predicted molar refractivity (Wildman–Crippen MR) is 42.5 cm³/mol. The van der Waals surface area contributed by atoms with Crippen molar-refractivity contribution < 1.29 is 25.5 Å². The van der Waals surface area contributed by atoms with E-state index in [1.807, 2.05) is 0 Å². The van der Waals surface area contributed by atoms with Crippen LogP contribution >= 0.6 is 17.0 Å². The lowest BCUT2D eigenvalue weighted by Crippen LogP contribution is -2.41. The van der Waals surface area contributed by atoms with Crippen molar-refractivity contribution in [3.05, 3.63) is 0 Å². The van der Waals surface area contributed by atoms with E-state index in [0.29, 0.717) is 0 Å². The molecule has 0 aromatic rings. The molecule has 0 bridgehead atoms. The maximum absolute atomic E-state index is 8.77. The summed E-state index contributed by atoms with van der Waals surface area (Å²) in [4.78, 5) is 0. The van der Waals surface area contributed by atoms with Gasteiger partial charge in [-0.05, 0) is 0 Å². The molecule has 0 aliphatic carbocycles. The Bertz CT molecular complexity index is 80.9. The average Bonchev–Trinajstić information content (AvgIpc) is 2.00. The van der Waals surface area contributed by atoms with Crippen LogP contribution in [0.25, 0.3) is 0 Å². The molecular formula is C5H13BrO5. The summed E-state index contributed by atoms with van der Waals surface area (Å²) in [6.45, 7) is -1.28. The van der Waals surface area contributed by atoms with E-state index >= 15 is 0 Å². The van der Waals surface area contributed by atoms with Gasteiger partial charge in [0.1, 0.15) is 18.3 Å². The monoisotopic (exact) mass is 232 g/mol. The second-order valence-electron chi connectivity index (χ2n) is 1.99. The smallest absolute Gasteiger partial charge is 0.110 e. The van der Waals surface area contributed by atoms with Gasteiger partial charge in [0.15, 0.2) is 0 Å². The summed E-state index contributed by atoms with van der Waals surface area (Å²) in [5, 5.41) is 42.6. The van der Waals surface area contributed by atoms with Crippen molar-refractivity contribution >= 4 is 17.0 Å². The normalized spacial score (nSPS) is 18.3. The lowest BCUT2D eigenvalue weighted by atomic mass is 10.1. The van der Waals surface area contributed by atoms with Crippen molar-refractivity contribution in [1.82, 2.24) is 0 Å². The van der Waals surface area contributed by atoms with Crippen LogP contribution in [0.3, 0.4) is 0 Å². The Morgan fingerprint density at radius 3 is 1.27 bits per heavy atom. The van der Waals surface area contributed by atoms with Crippen LogP contribution in [0.1, 0.15) is 0 Å². The van der Waals surface area contributed by atoms with Gasteiger partial charge in [-0.25, -0.2) is 0 Å². The fraction of sp³-hybridized carbons (Fsp3) is 1.00. The first kappa shape index (κ1) is 13.8. The first-order valence-corrected chi connectivity index (χ1v) is 2.89. The molecule has 0 radical (unpaired) electrons. The van der Waals surface area contributed by atoms with Gasteiger partial charge >= 0.3 is 0 Å². The lowest BCUT2D eigenvalue weighted by molar-refractivity contribution is -0.0900. The summed E-state index contributed by atoms with van der Waals surface area (Å²) in [7, 11) is 0. The van der Waals surface area contributed by atoms with Crippen LogP contribution in [-0.4, -0.2) is 57.1 Å². The summed E-state index contributed by atoms with van der Waals surface area (Å²) in [6.07, 6.45) is -4.29. The van der Waals surface area contributed by atoms with Crippen LogP contribution in [0.2, 0.25) is 0 Å². The highest BCUT2D eigenvalue weighted by molar-refractivity contribution is 8.93. The standard InChI is InChI=1S/C5H12O5.BrH/c6-1-3(8)5(10)4(9)2-7;/h3-10H,1-2H2;1H/t3-,4+,5+;. The molecule has 0 aliphatic heterocycles. The third-order valence-corrected chi connectivity index (χ3v) is 1.16. The number of aliphatic hydroxyl groups is 5. The number of hydrogen-bond acceptors (Lipinski definition) is 5. The van der Waals surface area contributed by atoms with Gasteiger partial charge in [-0.3, -0.25) is 0 Å². The molecule has 0 aliphatic rings. The summed E-state index contributed by atoms with van der Waals surface area (Å²) >= 11 is 0. The third kappa shape index (κ3) is 4.67. The number of rotatable bonds is 4. The van der Waals surface area contributed by atoms with Crippen LogP contribution in [0, 0.1) is 0 Å². The average molecular weight is 233 g/mol. The van der Waals surface area contributed by atoms with Gasteiger partial charge in [0.05, 0.1) is 13.2 Å². The van der Waals surface area contributed by atoms with Crippen LogP contribution in [-0.2, 0) is 0 Å². The molecule has 0 aromatic heterocycles. The maximum atomic E-state index is 8.77. The zero-order valence-electron chi connectivity index (χ0n) is 5.79. The molecule has 70 valence electrons. The number of aliphatic hydroxyl groups excluding tert-OH is 5. The molecular weight excluding hydrogens is 220 g/mol. The van der Waals surface area contributed by atoms with E-state index in [2.05, 4.69) is 0 Å². The van der Waals surface area contributed by atoms with E-state index in [9.17, 15) is 0 Å². The molecule has 5 N–H and O–H groups in total. The second-order valence-corrected chi connectivity index (χ2v) is 1.99. The van der Waals surface area contributed by atoms with Gasteiger partial charge in [-0.1, -0.05) is 0 Å². The topological polar surface area (TPSA) is 101 Å². The molecule has 0 saturated heterocycles. The zero-order chi connectivity index (χ0) is 8.15. The number of hydrogen-bond donors (Lipinski definition) is 5. The zero-order valence-corrected chi connectivity index (χ0v) is 7.50. The van der Waals surface area contributed by atoms with Gasteiger partial charge in [0.25, 0.3) is 0 Å². The fourth-order valence-electron chi connectivity index (χ4n) is 0.472. The van der Waals surface area contributed by atoms with Gasteiger partial charge in [-0.2, -0.15) is 0 Å². The van der Waals surface area contributed by atoms with Crippen molar-refractivity contribution in [3.63, 3.8) is 0 Å². The Kier molecular flexibility index (Phi) is 8.76. The van der Waals surface area contributed by atoms with Gasteiger partial charge in [0.2, 0.25) is 0 Å². The van der Waals surface area contributed by atoms with Crippen molar-refractivity contribution in [2.24, 2.45) is 0 Å². The second kappa shape index (κ2) is 6.96.